The molecule has 5 nitrogen and oxygen atoms in total. The van der Waals surface area contributed by atoms with E-state index in [4.69, 9.17) is 0 Å². The first-order valence-electron chi connectivity index (χ1n) is 5.48. The summed E-state index contributed by atoms with van der Waals surface area (Å²) in [5.74, 6) is -0.307. The number of nitro benzene ring substituents is 1. The summed E-state index contributed by atoms with van der Waals surface area (Å²) in [6, 6.07) is 11.5. The summed E-state index contributed by atoms with van der Waals surface area (Å²) >= 11 is 5.24. The molecular weight excluding hydrogens is 439 g/mol. The Kier molecular flexibility index (Phi) is 4.71. The normalized spacial score (nSPS) is 10.1. The van der Waals surface area contributed by atoms with Crippen molar-refractivity contribution < 1.29 is 9.72 Å². The van der Waals surface area contributed by atoms with Gasteiger partial charge in [-0.3, -0.25) is 14.9 Å². The number of nitrogens with zero attached hydrogens (tertiary/aromatic N) is 1. The van der Waals surface area contributed by atoms with Gasteiger partial charge in [0.2, 0.25) is 0 Å². The molecule has 0 unspecified atom stereocenters. The number of amides is 1. The minimum Gasteiger partial charge on any atom is -0.322 e. The predicted molar refractivity (Wildman–Crippen MR) is 87.9 cm³/mol. The van der Waals surface area contributed by atoms with Crippen molar-refractivity contribution in [2.24, 2.45) is 0 Å². The molecule has 1 N–H and O–H groups in total. The molecule has 0 aromatic heterocycles. The molecule has 0 aliphatic rings. The molecule has 1 amide bonds. The van der Waals surface area contributed by atoms with Crippen LogP contribution in [0.5, 0.6) is 0 Å². The molecule has 0 saturated heterocycles. The third kappa shape index (κ3) is 3.54. The Morgan fingerprint density at radius 3 is 2.45 bits per heavy atom. The van der Waals surface area contributed by atoms with Crippen LogP contribution in [-0.4, -0.2) is 10.8 Å². The zero-order valence-electron chi connectivity index (χ0n) is 9.97. The largest absolute Gasteiger partial charge is 0.322 e. The van der Waals surface area contributed by atoms with Gasteiger partial charge in [-0.1, -0.05) is 0 Å². The van der Waals surface area contributed by atoms with Gasteiger partial charge in [-0.15, -0.1) is 0 Å². The van der Waals surface area contributed by atoms with Crippen molar-refractivity contribution >= 4 is 55.8 Å². The quantitative estimate of drug-likeness (QED) is 0.436. The van der Waals surface area contributed by atoms with E-state index in [1.165, 1.54) is 12.1 Å². The molecule has 0 radical (unpaired) electrons. The van der Waals surface area contributed by atoms with Gasteiger partial charge in [0.15, 0.2) is 0 Å². The van der Waals surface area contributed by atoms with E-state index in [0.717, 1.165) is 3.57 Å². The zero-order valence-corrected chi connectivity index (χ0v) is 13.7. The fourth-order valence-corrected chi connectivity index (χ4v) is 2.29. The summed E-state index contributed by atoms with van der Waals surface area (Å²) in [7, 11) is 0. The number of carbonyl (C=O) groups excluding carboxylic acids is 1. The topological polar surface area (TPSA) is 72.2 Å². The van der Waals surface area contributed by atoms with E-state index < -0.39 is 4.92 Å². The number of halogens is 2. The maximum absolute atomic E-state index is 12.0. The number of rotatable bonds is 3. The van der Waals surface area contributed by atoms with Gasteiger partial charge in [0.25, 0.3) is 11.6 Å². The van der Waals surface area contributed by atoms with Crippen molar-refractivity contribution in [1.82, 2.24) is 0 Å². The molecule has 0 saturated carbocycles. The Balaban J connectivity index is 2.21. The van der Waals surface area contributed by atoms with E-state index in [9.17, 15) is 14.9 Å². The van der Waals surface area contributed by atoms with Gasteiger partial charge in [0.1, 0.15) is 0 Å². The van der Waals surface area contributed by atoms with Gasteiger partial charge in [-0.05, 0) is 74.9 Å². The molecule has 2 aromatic carbocycles. The lowest BCUT2D eigenvalue weighted by Gasteiger charge is -2.06. The van der Waals surface area contributed by atoms with Crippen molar-refractivity contribution in [2.45, 2.75) is 0 Å². The molecule has 102 valence electrons. The van der Waals surface area contributed by atoms with Crippen LogP contribution in [0.1, 0.15) is 10.4 Å². The molecule has 0 atom stereocenters. The van der Waals surface area contributed by atoms with Crippen LogP contribution in [0.25, 0.3) is 0 Å². The van der Waals surface area contributed by atoms with Gasteiger partial charge in [-0.2, -0.15) is 0 Å². The second-order valence-corrected chi connectivity index (χ2v) is 5.98. The van der Waals surface area contributed by atoms with E-state index in [1.807, 2.05) is 12.1 Å². The highest BCUT2D eigenvalue weighted by Crippen LogP contribution is 2.28. The van der Waals surface area contributed by atoms with Crippen molar-refractivity contribution in [2.75, 3.05) is 5.32 Å². The highest BCUT2D eigenvalue weighted by Gasteiger charge is 2.14. The molecule has 20 heavy (non-hydrogen) atoms. The minimum atomic E-state index is -0.509. The Labute approximate surface area is 136 Å². The standard InChI is InChI=1S/C13H8BrIN2O3/c14-11-6-5-10(7-12(11)17(19)20)16-13(18)8-1-3-9(15)4-2-8/h1-7H,(H,16,18). The van der Waals surface area contributed by atoms with Crippen molar-refractivity contribution in [3.8, 4) is 0 Å². The lowest BCUT2D eigenvalue weighted by molar-refractivity contribution is -0.385. The molecule has 2 rings (SSSR count). The van der Waals surface area contributed by atoms with E-state index in [2.05, 4.69) is 43.8 Å². The van der Waals surface area contributed by atoms with Crippen LogP contribution in [0.4, 0.5) is 11.4 Å². The third-order valence-electron chi connectivity index (χ3n) is 2.51. The van der Waals surface area contributed by atoms with E-state index in [1.54, 1.807) is 18.2 Å². The fourth-order valence-electron chi connectivity index (χ4n) is 1.53. The number of carbonyl (C=O) groups is 1. The van der Waals surface area contributed by atoms with Crippen molar-refractivity contribution in [3.63, 3.8) is 0 Å². The summed E-state index contributed by atoms with van der Waals surface area (Å²) in [4.78, 5) is 22.3. The van der Waals surface area contributed by atoms with Gasteiger partial charge in [-0.25, -0.2) is 0 Å². The third-order valence-corrected chi connectivity index (χ3v) is 3.90. The van der Waals surface area contributed by atoms with Crippen LogP contribution in [0.3, 0.4) is 0 Å². The van der Waals surface area contributed by atoms with Crippen molar-refractivity contribution in [1.29, 1.82) is 0 Å². The van der Waals surface area contributed by atoms with Crippen LogP contribution in [0, 0.1) is 13.7 Å². The maximum Gasteiger partial charge on any atom is 0.285 e. The molecule has 2 aromatic rings. The molecular formula is C13H8BrIN2O3. The average molecular weight is 447 g/mol. The highest BCUT2D eigenvalue weighted by molar-refractivity contribution is 14.1. The van der Waals surface area contributed by atoms with Gasteiger partial charge < -0.3 is 5.32 Å². The minimum absolute atomic E-state index is 0.0922. The molecule has 0 heterocycles. The first kappa shape index (κ1) is 14.9. The number of hydrogen-bond donors (Lipinski definition) is 1. The Bertz CT molecular complexity index is 674. The lowest BCUT2D eigenvalue weighted by atomic mass is 10.2. The van der Waals surface area contributed by atoms with Gasteiger partial charge in [0.05, 0.1) is 9.40 Å². The average Bonchev–Trinajstić information content (AvgIpc) is 2.41. The first-order chi connectivity index (χ1) is 9.47. The van der Waals surface area contributed by atoms with E-state index in [-0.39, 0.29) is 11.6 Å². The lowest BCUT2D eigenvalue weighted by Crippen LogP contribution is -2.11. The van der Waals surface area contributed by atoms with Crippen molar-refractivity contribution in [3.05, 3.63) is 66.2 Å². The first-order valence-corrected chi connectivity index (χ1v) is 7.35. The molecule has 0 aliphatic heterocycles. The number of nitrogens with one attached hydrogen (secondary N) is 1. The number of nitro groups is 1. The predicted octanol–water partition coefficient (Wildman–Crippen LogP) is 4.21. The van der Waals surface area contributed by atoms with Gasteiger partial charge in [0, 0.05) is 20.9 Å². The van der Waals surface area contributed by atoms with Crippen LogP contribution < -0.4 is 5.32 Å². The SMILES string of the molecule is O=C(Nc1ccc(Br)c([N+](=O)[O-])c1)c1ccc(I)cc1. The summed E-state index contributed by atoms with van der Waals surface area (Å²) < 4.78 is 1.40. The number of anilines is 1. The number of benzene rings is 2. The second kappa shape index (κ2) is 6.31. The fraction of sp³-hybridized carbons (Fsp3) is 0. The monoisotopic (exact) mass is 446 g/mol. The Hall–Kier alpha value is -1.48. The molecule has 0 bridgehead atoms. The van der Waals surface area contributed by atoms with Crippen LogP contribution >= 0.6 is 38.5 Å². The summed E-state index contributed by atoms with van der Waals surface area (Å²) in [6.07, 6.45) is 0. The summed E-state index contributed by atoms with van der Waals surface area (Å²) in [5.41, 5.74) is 0.782. The zero-order chi connectivity index (χ0) is 14.7. The van der Waals surface area contributed by atoms with Crippen LogP contribution in [0.15, 0.2) is 46.9 Å². The smallest absolute Gasteiger partial charge is 0.285 e. The van der Waals surface area contributed by atoms with E-state index in [0.29, 0.717) is 15.7 Å². The van der Waals surface area contributed by atoms with Crippen LogP contribution in [-0.2, 0) is 0 Å². The molecule has 0 aliphatic carbocycles. The maximum atomic E-state index is 12.0. The molecule has 0 fully saturated rings. The Morgan fingerprint density at radius 2 is 1.85 bits per heavy atom. The Morgan fingerprint density at radius 1 is 1.20 bits per heavy atom. The van der Waals surface area contributed by atoms with Crippen LogP contribution in [0.2, 0.25) is 0 Å². The van der Waals surface area contributed by atoms with E-state index >= 15 is 0 Å². The molecule has 0 spiro atoms. The van der Waals surface area contributed by atoms with Gasteiger partial charge >= 0.3 is 0 Å². The molecule has 7 heteroatoms. The number of hydrogen-bond acceptors (Lipinski definition) is 3. The highest BCUT2D eigenvalue weighted by atomic mass is 127. The summed E-state index contributed by atoms with van der Waals surface area (Å²) in [6.45, 7) is 0. The summed E-state index contributed by atoms with van der Waals surface area (Å²) in [5, 5.41) is 13.5. The second-order valence-electron chi connectivity index (χ2n) is 3.88.